The first-order valence-electron chi connectivity index (χ1n) is 12.2. The number of aromatic nitrogens is 1. The van der Waals surface area contributed by atoms with Crippen LogP contribution in [0.25, 0.3) is 10.2 Å². The number of piperazine rings is 1. The lowest BCUT2D eigenvalue weighted by atomic mass is 10.2. The van der Waals surface area contributed by atoms with Crippen molar-refractivity contribution in [2.24, 2.45) is 0 Å². The molecule has 0 atom stereocenters. The van der Waals surface area contributed by atoms with Gasteiger partial charge in [-0.05, 0) is 55.0 Å². The molecule has 37 heavy (non-hydrogen) atoms. The molecule has 1 aliphatic heterocycles. The summed E-state index contributed by atoms with van der Waals surface area (Å²) in [5, 5.41) is 4.02. The maximum absolute atomic E-state index is 12.7. The van der Waals surface area contributed by atoms with Gasteiger partial charge in [0.25, 0.3) is 15.9 Å². The van der Waals surface area contributed by atoms with Crippen molar-refractivity contribution in [2.45, 2.75) is 11.8 Å². The Morgan fingerprint density at radius 3 is 2.54 bits per heavy atom. The zero-order valence-electron chi connectivity index (χ0n) is 20.6. The van der Waals surface area contributed by atoms with Crippen molar-refractivity contribution in [3.63, 3.8) is 0 Å². The molecule has 5 rings (SSSR count). The van der Waals surface area contributed by atoms with Gasteiger partial charge in [0.05, 0.1) is 15.1 Å². The number of anilines is 2. The van der Waals surface area contributed by atoms with Gasteiger partial charge in [-0.2, -0.15) is 0 Å². The number of hydrogen-bond donors (Lipinski definition) is 2. The predicted octanol–water partition coefficient (Wildman–Crippen LogP) is 3.96. The fourth-order valence-corrected chi connectivity index (χ4v) is 6.47. The minimum absolute atomic E-state index is 0.170. The van der Waals surface area contributed by atoms with Crippen LogP contribution in [-0.2, 0) is 10.0 Å². The second-order valence-electron chi connectivity index (χ2n) is 9.05. The summed E-state index contributed by atoms with van der Waals surface area (Å²) < 4.78 is 28.9. The summed E-state index contributed by atoms with van der Waals surface area (Å²) >= 11 is 1.74. The quantitative estimate of drug-likeness (QED) is 0.355. The van der Waals surface area contributed by atoms with Crippen LogP contribution in [0.5, 0.6) is 0 Å². The average molecular weight is 536 g/mol. The molecule has 0 unspecified atom stereocenters. The van der Waals surface area contributed by atoms with Crippen LogP contribution in [0.3, 0.4) is 0 Å². The fourth-order valence-electron chi connectivity index (χ4n) is 4.28. The summed E-state index contributed by atoms with van der Waals surface area (Å²) in [5.41, 5.74) is 3.05. The number of aryl methyl sites for hydroxylation is 1. The third-order valence-corrected chi connectivity index (χ3v) is 8.80. The summed E-state index contributed by atoms with van der Waals surface area (Å²) in [5.74, 6) is -0.232. The number of thiazole rings is 1. The lowest BCUT2D eigenvalue weighted by Gasteiger charge is -2.34. The molecule has 0 aliphatic carbocycles. The van der Waals surface area contributed by atoms with Gasteiger partial charge in [-0.1, -0.05) is 41.7 Å². The Morgan fingerprint density at radius 1 is 0.973 bits per heavy atom. The highest BCUT2D eigenvalue weighted by atomic mass is 32.2. The van der Waals surface area contributed by atoms with Crippen molar-refractivity contribution >= 4 is 48.3 Å². The predicted molar refractivity (Wildman–Crippen MR) is 149 cm³/mol. The normalized spacial score (nSPS) is 14.6. The number of carbonyl (C=O) groups is 1. The summed E-state index contributed by atoms with van der Waals surface area (Å²) in [6, 6.07) is 21.0. The molecule has 3 aromatic carbocycles. The highest BCUT2D eigenvalue weighted by Gasteiger charge is 2.20. The van der Waals surface area contributed by atoms with Crippen LogP contribution in [0, 0.1) is 6.92 Å². The second kappa shape index (κ2) is 10.9. The number of nitrogens with one attached hydrogen (secondary N) is 2. The summed E-state index contributed by atoms with van der Waals surface area (Å²) in [6.45, 7) is 6.97. The smallest absolute Gasteiger partial charge is 0.261 e. The van der Waals surface area contributed by atoms with E-state index >= 15 is 0 Å². The van der Waals surface area contributed by atoms with E-state index in [2.05, 4.69) is 45.0 Å². The molecule has 192 valence electrons. The minimum atomic E-state index is -3.72. The molecule has 0 radical (unpaired) electrons. The zero-order valence-corrected chi connectivity index (χ0v) is 22.2. The molecule has 10 heteroatoms. The van der Waals surface area contributed by atoms with E-state index in [4.69, 9.17) is 4.98 Å². The minimum Gasteiger partial charge on any atom is -0.351 e. The van der Waals surface area contributed by atoms with E-state index in [0.29, 0.717) is 17.8 Å². The molecule has 0 spiro atoms. The Labute approximate surface area is 221 Å². The molecular weight excluding hydrogens is 506 g/mol. The van der Waals surface area contributed by atoms with Gasteiger partial charge in [-0.15, -0.1) is 0 Å². The van der Waals surface area contributed by atoms with Crippen LogP contribution in [0.2, 0.25) is 0 Å². The average Bonchev–Trinajstić information content (AvgIpc) is 3.33. The number of hydrogen-bond acceptors (Lipinski definition) is 7. The fraction of sp³-hybridized carbons (Fsp3) is 0.259. The van der Waals surface area contributed by atoms with E-state index in [1.807, 2.05) is 0 Å². The number of rotatable bonds is 8. The van der Waals surface area contributed by atoms with E-state index in [9.17, 15) is 13.2 Å². The first-order valence-corrected chi connectivity index (χ1v) is 14.5. The van der Waals surface area contributed by atoms with Gasteiger partial charge in [0, 0.05) is 50.5 Å². The molecule has 2 heterocycles. The van der Waals surface area contributed by atoms with E-state index in [-0.39, 0.29) is 10.8 Å². The van der Waals surface area contributed by atoms with Crippen LogP contribution in [-0.4, -0.2) is 63.5 Å². The van der Waals surface area contributed by atoms with Crippen LogP contribution >= 0.6 is 11.3 Å². The molecule has 1 saturated heterocycles. The molecule has 1 amide bonds. The monoisotopic (exact) mass is 535 g/mol. The number of amides is 1. The second-order valence-corrected chi connectivity index (χ2v) is 11.7. The van der Waals surface area contributed by atoms with Crippen molar-refractivity contribution in [3.8, 4) is 0 Å². The van der Waals surface area contributed by atoms with Crippen LogP contribution in [0.15, 0.2) is 77.7 Å². The zero-order chi connectivity index (χ0) is 25.8. The van der Waals surface area contributed by atoms with Gasteiger partial charge in [-0.25, -0.2) is 13.4 Å². The Bertz CT molecular complexity index is 1500. The SMILES string of the molecule is Cc1ccc2nc(N3CCN(CCNC(=O)c4cccc(NS(=O)(=O)c5ccccc5)c4)CC3)sc2c1. The van der Waals surface area contributed by atoms with Crippen LogP contribution in [0.1, 0.15) is 15.9 Å². The largest absolute Gasteiger partial charge is 0.351 e. The maximum Gasteiger partial charge on any atom is 0.261 e. The number of sulfonamides is 1. The van der Waals surface area contributed by atoms with Gasteiger partial charge in [0.1, 0.15) is 0 Å². The molecule has 4 aromatic rings. The summed E-state index contributed by atoms with van der Waals surface area (Å²) in [7, 11) is -3.72. The van der Waals surface area contributed by atoms with Crippen molar-refractivity contribution < 1.29 is 13.2 Å². The molecule has 1 fully saturated rings. The number of nitrogens with zero attached hydrogens (tertiary/aromatic N) is 3. The molecule has 2 N–H and O–H groups in total. The van der Waals surface area contributed by atoms with Gasteiger partial charge in [0.2, 0.25) is 0 Å². The Balaban J connectivity index is 1.10. The summed E-state index contributed by atoms with van der Waals surface area (Å²) in [6.07, 6.45) is 0. The molecule has 1 aliphatic rings. The Hall–Kier alpha value is -3.47. The Morgan fingerprint density at radius 2 is 1.76 bits per heavy atom. The third kappa shape index (κ3) is 6.10. The van der Waals surface area contributed by atoms with Crippen LogP contribution < -0.4 is 14.9 Å². The molecule has 0 saturated carbocycles. The third-order valence-electron chi connectivity index (χ3n) is 6.32. The maximum atomic E-state index is 12.7. The van der Waals surface area contributed by atoms with Gasteiger partial charge >= 0.3 is 0 Å². The molecule has 8 nitrogen and oxygen atoms in total. The summed E-state index contributed by atoms with van der Waals surface area (Å²) in [4.78, 5) is 22.3. The Kier molecular flexibility index (Phi) is 7.40. The molecular formula is C27H29N5O3S2. The highest BCUT2D eigenvalue weighted by molar-refractivity contribution is 7.92. The first-order chi connectivity index (χ1) is 17.9. The van der Waals surface area contributed by atoms with E-state index in [1.54, 1.807) is 53.8 Å². The van der Waals surface area contributed by atoms with Crippen LogP contribution in [0.4, 0.5) is 10.8 Å². The van der Waals surface area contributed by atoms with Gasteiger partial charge in [0.15, 0.2) is 5.13 Å². The number of benzene rings is 3. The standard InChI is InChI=1S/C27H29N5O3S2/c1-20-10-11-24-25(18-20)36-27(29-24)32-16-14-31(15-17-32)13-12-28-26(33)21-6-5-7-22(19-21)30-37(34,35)23-8-3-2-4-9-23/h2-11,18-19,30H,12-17H2,1H3,(H,28,33). The van der Waals surface area contributed by atoms with Crippen molar-refractivity contribution in [1.29, 1.82) is 0 Å². The van der Waals surface area contributed by atoms with Gasteiger partial charge < -0.3 is 10.2 Å². The van der Waals surface area contributed by atoms with Crippen molar-refractivity contribution in [2.75, 3.05) is 48.9 Å². The lowest BCUT2D eigenvalue weighted by Crippen LogP contribution is -2.48. The van der Waals surface area contributed by atoms with Crippen molar-refractivity contribution in [1.82, 2.24) is 15.2 Å². The number of fused-ring (bicyclic) bond motifs is 1. The van der Waals surface area contributed by atoms with E-state index < -0.39 is 10.0 Å². The highest BCUT2D eigenvalue weighted by Crippen LogP contribution is 2.30. The van der Waals surface area contributed by atoms with E-state index in [1.165, 1.54) is 22.4 Å². The number of carbonyl (C=O) groups excluding carboxylic acids is 1. The van der Waals surface area contributed by atoms with Gasteiger partial charge in [-0.3, -0.25) is 14.4 Å². The lowest BCUT2D eigenvalue weighted by molar-refractivity contribution is 0.0948. The van der Waals surface area contributed by atoms with E-state index in [0.717, 1.165) is 43.4 Å². The topological polar surface area (TPSA) is 94.6 Å². The first kappa shape index (κ1) is 25.2. The van der Waals surface area contributed by atoms with Crippen molar-refractivity contribution in [3.05, 3.63) is 83.9 Å². The molecule has 0 bridgehead atoms. The molecule has 1 aromatic heterocycles.